The molecule has 0 saturated heterocycles. The fourth-order valence-corrected chi connectivity index (χ4v) is 1.48. The van der Waals surface area contributed by atoms with Crippen LogP contribution in [0.1, 0.15) is 54.4 Å². The largest absolute Gasteiger partial charge is 0.432 e. The molecule has 104 valence electrons. The number of allylic oxidation sites excluding steroid dienone is 2. The van der Waals surface area contributed by atoms with Gasteiger partial charge in [-0.2, -0.15) is 0 Å². The number of hydrogen-bond donors (Lipinski definition) is 1. The third kappa shape index (κ3) is 5.05. The van der Waals surface area contributed by atoms with Crippen LogP contribution in [0.4, 0.5) is 0 Å². The Morgan fingerprint density at radius 3 is 2.17 bits per heavy atom. The summed E-state index contributed by atoms with van der Waals surface area (Å²) >= 11 is 0. The maximum Gasteiger partial charge on any atom is 0.340 e. The van der Waals surface area contributed by atoms with Gasteiger partial charge in [0.1, 0.15) is 0 Å². The molecule has 0 aromatic heterocycles. The third-order valence-corrected chi connectivity index (χ3v) is 2.68. The Balaban J connectivity index is 4.85. The van der Waals surface area contributed by atoms with E-state index < -0.39 is 17.7 Å². The van der Waals surface area contributed by atoms with Crippen LogP contribution in [-0.4, -0.2) is 17.4 Å². The molecule has 3 nitrogen and oxygen atoms in total. The van der Waals surface area contributed by atoms with Gasteiger partial charge < -0.3 is 9.84 Å². The first-order chi connectivity index (χ1) is 8.27. The van der Waals surface area contributed by atoms with E-state index in [1.165, 1.54) is 0 Å². The van der Waals surface area contributed by atoms with Crippen molar-refractivity contribution in [1.82, 2.24) is 0 Å². The highest BCUT2D eigenvalue weighted by molar-refractivity contribution is 5.93. The lowest BCUT2D eigenvalue weighted by Crippen LogP contribution is -2.32. The lowest BCUT2D eigenvalue weighted by Gasteiger charge is -2.25. The number of carbonyl (C=O) groups excluding carboxylic acids is 1. The van der Waals surface area contributed by atoms with Gasteiger partial charge in [0.05, 0.1) is 5.57 Å². The van der Waals surface area contributed by atoms with Gasteiger partial charge in [-0.15, -0.1) is 0 Å². The second-order valence-electron chi connectivity index (χ2n) is 5.39. The zero-order chi connectivity index (χ0) is 14.3. The van der Waals surface area contributed by atoms with Gasteiger partial charge in [-0.25, -0.2) is 4.79 Å². The molecule has 0 saturated carbocycles. The van der Waals surface area contributed by atoms with E-state index in [1.807, 2.05) is 33.8 Å². The van der Waals surface area contributed by atoms with Crippen molar-refractivity contribution in [3.63, 3.8) is 0 Å². The Morgan fingerprint density at radius 1 is 1.28 bits per heavy atom. The summed E-state index contributed by atoms with van der Waals surface area (Å²) in [5, 5.41) is 9.80. The van der Waals surface area contributed by atoms with Crippen molar-refractivity contribution >= 4 is 5.97 Å². The Kier molecular flexibility index (Phi) is 6.92. The van der Waals surface area contributed by atoms with Gasteiger partial charge in [-0.3, -0.25) is 0 Å². The minimum Gasteiger partial charge on any atom is -0.432 e. The van der Waals surface area contributed by atoms with Gasteiger partial charge in [0.25, 0.3) is 0 Å². The Bertz CT molecular complexity index is 332. The zero-order valence-electron chi connectivity index (χ0n) is 12.4. The minimum absolute atomic E-state index is 0.457. The molecule has 1 atom stereocenters. The third-order valence-electron chi connectivity index (χ3n) is 2.68. The highest BCUT2D eigenvalue weighted by atomic mass is 16.6. The topological polar surface area (TPSA) is 46.5 Å². The van der Waals surface area contributed by atoms with Crippen LogP contribution >= 0.6 is 0 Å². The molecule has 0 bridgehead atoms. The second kappa shape index (κ2) is 7.37. The molecule has 18 heavy (non-hydrogen) atoms. The summed E-state index contributed by atoms with van der Waals surface area (Å²) < 4.78 is 5.10. The number of hydrogen-bond acceptors (Lipinski definition) is 3. The average molecular weight is 254 g/mol. The summed E-state index contributed by atoms with van der Waals surface area (Å²) in [5.41, 5.74) is 1.03. The summed E-state index contributed by atoms with van der Waals surface area (Å²) in [4.78, 5) is 12.0. The molecule has 1 N–H and O–H groups in total. The highest BCUT2D eigenvalue weighted by Gasteiger charge is 2.27. The minimum atomic E-state index is -1.10. The Labute approximate surface area is 111 Å². The van der Waals surface area contributed by atoms with Crippen LogP contribution in [0.2, 0.25) is 0 Å². The predicted octanol–water partition coefficient (Wildman–Crippen LogP) is 3.59. The number of aliphatic hydroxyl groups is 1. The molecule has 0 amide bonds. The van der Waals surface area contributed by atoms with Crippen molar-refractivity contribution in [1.29, 1.82) is 0 Å². The highest BCUT2D eigenvalue weighted by Crippen LogP contribution is 2.23. The maximum absolute atomic E-state index is 12.0. The number of carbonyl (C=O) groups is 1. The lowest BCUT2D eigenvalue weighted by atomic mass is 9.96. The maximum atomic E-state index is 12.0. The molecule has 0 aliphatic rings. The average Bonchev–Trinajstić information content (AvgIpc) is 2.27. The zero-order valence-corrected chi connectivity index (χ0v) is 12.4. The molecular formula is C15H26O3. The van der Waals surface area contributed by atoms with Crippen LogP contribution < -0.4 is 0 Å². The molecule has 1 unspecified atom stereocenters. The van der Waals surface area contributed by atoms with Crippen LogP contribution in [-0.2, 0) is 9.53 Å². The lowest BCUT2D eigenvalue weighted by molar-refractivity contribution is -0.181. The second-order valence-corrected chi connectivity index (χ2v) is 5.39. The SMILES string of the molecule is CC=C(CCC)C(=CC)C(=O)OC(O)C(C)(C)C. The van der Waals surface area contributed by atoms with Crippen molar-refractivity contribution in [3.8, 4) is 0 Å². The summed E-state index contributed by atoms with van der Waals surface area (Å²) in [5.74, 6) is -0.457. The number of esters is 1. The van der Waals surface area contributed by atoms with Crippen LogP contribution in [0.25, 0.3) is 0 Å². The first-order valence-corrected chi connectivity index (χ1v) is 6.48. The summed E-state index contributed by atoms with van der Waals surface area (Å²) in [7, 11) is 0. The van der Waals surface area contributed by atoms with Gasteiger partial charge in [-0.1, -0.05) is 46.3 Å². The monoisotopic (exact) mass is 254 g/mol. The van der Waals surface area contributed by atoms with E-state index in [0.29, 0.717) is 5.57 Å². The Morgan fingerprint density at radius 2 is 1.83 bits per heavy atom. The van der Waals surface area contributed by atoms with Crippen LogP contribution in [0, 0.1) is 5.41 Å². The number of aliphatic hydroxyl groups excluding tert-OH is 1. The van der Waals surface area contributed by atoms with E-state index in [9.17, 15) is 9.90 Å². The van der Waals surface area contributed by atoms with Gasteiger partial charge in [0, 0.05) is 5.41 Å². The van der Waals surface area contributed by atoms with E-state index in [1.54, 1.807) is 13.0 Å². The molecule has 0 aliphatic carbocycles. The van der Waals surface area contributed by atoms with E-state index in [4.69, 9.17) is 4.74 Å². The molecule has 0 aliphatic heterocycles. The van der Waals surface area contributed by atoms with Gasteiger partial charge in [0.15, 0.2) is 0 Å². The molecule has 0 radical (unpaired) electrons. The number of ether oxygens (including phenoxy) is 1. The standard InChI is InChI=1S/C15H26O3/c1-7-10-11(8-2)12(9-3)13(16)18-14(17)15(4,5)6/h8-9,14,17H,7,10H2,1-6H3. The first-order valence-electron chi connectivity index (χ1n) is 6.48. The molecule has 3 heteroatoms. The van der Waals surface area contributed by atoms with Crippen molar-refractivity contribution in [2.24, 2.45) is 5.41 Å². The van der Waals surface area contributed by atoms with Crippen molar-refractivity contribution in [2.75, 3.05) is 0 Å². The molecule has 0 aromatic rings. The summed E-state index contributed by atoms with van der Waals surface area (Å²) in [6.45, 7) is 11.2. The predicted molar refractivity (Wildman–Crippen MR) is 74.0 cm³/mol. The summed E-state index contributed by atoms with van der Waals surface area (Å²) in [6, 6.07) is 0. The smallest absolute Gasteiger partial charge is 0.340 e. The normalized spacial score (nSPS) is 15.5. The first kappa shape index (κ1) is 16.9. The summed E-state index contributed by atoms with van der Waals surface area (Å²) in [6.07, 6.45) is 4.36. The van der Waals surface area contributed by atoms with Gasteiger partial charge in [-0.05, 0) is 25.8 Å². The van der Waals surface area contributed by atoms with E-state index in [0.717, 1.165) is 18.4 Å². The van der Waals surface area contributed by atoms with Crippen LogP contribution in [0.3, 0.4) is 0 Å². The van der Waals surface area contributed by atoms with Crippen LogP contribution in [0.15, 0.2) is 23.3 Å². The van der Waals surface area contributed by atoms with Crippen molar-refractivity contribution < 1.29 is 14.6 Å². The Hall–Kier alpha value is -1.09. The molecule has 0 aromatic carbocycles. The van der Waals surface area contributed by atoms with E-state index in [2.05, 4.69) is 6.92 Å². The number of rotatable bonds is 5. The van der Waals surface area contributed by atoms with Gasteiger partial charge in [0.2, 0.25) is 6.29 Å². The molecule has 0 fully saturated rings. The van der Waals surface area contributed by atoms with Crippen LogP contribution in [0.5, 0.6) is 0 Å². The quantitative estimate of drug-likeness (QED) is 0.353. The molecule has 0 rings (SSSR count). The van der Waals surface area contributed by atoms with Crippen molar-refractivity contribution in [3.05, 3.63) is 23.3 Å². The van der Waals surface area contributed by atoms with Crippen molar-refractivity contribution in [2.45, 2.75) is 60.7 Å². The fraction of sp³-hybridized carbons (Fsp3) is 0.667. The molecule has 0 heterocycles. The molecular weight excluding hydrogens is 228 g/mol. The van der Waals surface area contributed by atoms with E-state index >= 15 is 0 Å². The van der Waals surface area contributed by atoms with Gasteiger partial charge >= 0.3 is 5.97 Å². The van der Waals surface area contributed by atoms with E-state index in [-0.39, 0.29) is 0 Å². The fourth-order valence-electron chi connectivity index (χ4n) is 1.48. The molecule has 0 spiro atoms.